The minimum atomic E-state index is -3.87. The van der Waals surface area contributed by atoms with Gasteiger partial charge in [-0.3, -0.25) is 9.10 Å². The van der Waals surface area contributed by atoms with Gasteiger partial charge in [0.25, 0.3) is 10.0 Å². The summed E-state index contributed by atoms with van der Waals surface area (Å²) in [6.45, 7) is 2.26. The number of rotatable bonds is 9. The van der Waals surface area contributed by atoms with Crippen molar-refractivity contribution in [3.05, 3.63) is 71.8 Å². The first kappa shape index (κ1) is 22.1. The highest BCUT2D eigenvalue weighted by molar-refractivity contribution is 7.92. The fourth-order valence-electron chi connectivity index (χ4n) is 3.75. The van der Waals surface area contributed by atoms with E-state index in [0.29, 0.717) is 18.7 Å². The second kappa shape index (κ2) is 10.4. The summed E-state index contributed by atoms with van der Waals surface area (Å²) < 4.78 is 28.0. The van der Waals surface area contributed by atoms with Crippen molar-refractivity contribution in [1.82, 2.24) is 5.32 Å². The summed E-state index contributed by atoms with van der Waals surface area (Å²) in [6, 6.07) is 15.6. The monoisotopic (exact) mass is 426 g/mol. The summed E-state index contributed by atoms with van der Waals surface area (Å²) in [5.41, 5.74) is 2.82. The van der Waals surface area contributed by atoms with Gasteiger partial charge in [-0.15, -0.1) is 0 Å². The van der Waals surface area contributed by atoms with Crippen LogP contribution in [0.25, 0.3) is 0 Å². The molecule has 2 aromatic carbocycles. The van der Waals surface area contributed by atoms with E-state index in [1.54, 1.807) is 42.5 Å². The molecule has 0 atom stereocenters. The highest BCUT2D eigenvalue weighted by atomic mass is 32.2. The van der Waals surface area contributed by atoms with E-state index in [-0.39, 0.29) is 17.3 Å². The Bertz CT molecular complexity index is 985. The van der Waals surface area contributed by atoms with E-state index in [1.807, 2.05) is 19.1 Å². The fourth-order valence-corrected chi connectivity index (χ4v) is 5.23. The van der Waals surface area contributed by atoms with Gasteiger partial charge in [-0.1, -0.05) is 55.0 Å². The number of nitrogens with one attached hydrogen (secondary N) is 1. The Hall–Kier alpha value is -2.60. The van der Waals surface area contributed by atoms with Crippen molar-refractivity contribution in [2.75, 3.05) is 17.4 Å². The summed E-state index contributed by atoms with van der Waals surface area (Å²) in [5.74, 6) is -0.295. The van der Waals surface area contributed by atoms with Crippen molar-refractivity contribution in [2.24, 2.45) is 0 Å². The molecule has 0 spiro atoms. The molecule has 0 unspecified atom stereocenters. The Morgan fingerprint density at radius 2 is 1.77 bits per heavy atom. The van der Waals surface area contributed by atoms with E-state index < -0.39 is 10.0 Å². The molecule has 0 saturated carbocycles. The van der Waals surface area contributed by atoms with Crippen LogP contribution in [0.4, 0.5) is 5.69 Å². The molecule has 1 N–H and O–H groups in total. The first-order chi connectivity index (χ1) is 14.5. The van der Waals surface area contributed by atoms with Gasteiger partial charge in [-0.05, 0) is 62.3 Å². The molecule has 3 rings (SSSR count). The van der Waals surface area contributed by atoms with E-state index in [2.05, 4.69) is 11.4 Å². The molecule has 0 fully saturated rings. The molecule has 30 heavy (non-hydrogen) atoms. The highest BCUT2D eigenvalue weighted by Crippen LogP contribution is 2.27. The number of carbonyl (C=O) groups is 1. The van der Waals surface area contributed by atoms with Gasteiger partial charge in [0.2, 0.25) is 5.91 Å². The summed E-state index contributed by atoms with van der Waals surface area (Å²) >= 11 is 0. The van der Waals surface area contributed by atoms with Gasteiger partial charge >= 0.3 is 0 Å². The Morgan fingerprint density at radius 1 is 1.03 bits per heavy atom. The molecule has 1 aliphatic carbocycles. The number of allylic oxidation sites excluding steroid dienone is 1. The summed E-state index contributed by atoms with van der Waals surface area (Å²) in [4.78, 5) is 12.9. The SMILES string of the molecule is CCc1ccccc1N(CC(=O)NCCC1=CCCCC1)S(=O)(=O)c1ccccc1. The van der Waals surface area contributed by atoms with Crippen LogP contribution in [0.1, 0.15) is 44.6 Å². The van der Waals surface area contributed by atoms with Crippen LogP contribution in [-0.4, -0.2) is 27.4 Å². The lowest BCUT2D eigenvalue weighted by atomic mass is 9.97. The molecule has 5 nitrogen and oxygen atoms in total. The third-order valence-corrected chi connectivity index (χ3v) is 7.19. The van der Waals surface area contributed by atoms with Crippen LogP contribution >= 0.6 is 0 Å². The number of amides is 1. The molecular weight excluding hydrogens is 396 g/mol. The van der Waals surface area contributed by atoms with Gasteiger partial charge in [-0.2, -0.15) is 0 Å². The average Bonchev–Trinajstić information content (AvgIpc) is 2.78. The lowest BCUT2D eigenvalue weighted by Gasteiger charge is -2.26. The van der Waals surface area contributed by atoms with E-state index in [4.69, 9.17) is 0 Å². The van der Waals surface area contributed by atoms with Crippen LogP contribution in [0.2, 0.25) is 0 Å². The zero-order valence-electron chi connectivity index (χ0n) is 17.5. The minimum Gasteiger partial charge on any atom is -0.354 e. The number of carbonyl (C=O) groups excluding carboxylic acids is 1. The maximum atomic E-state index is 13.4. The molecule has 2 aromatic rings. The number of nitrogens with zero attached hydrogens (tertiary/aromatic N) is 1. The van der Waals surface area contributed by atoms with Crippen LogP contribution in [-0.2, 0) is 21.2 Å². The predicted molar refractivity (Wildman–Crippen MR) is 121 cm³/mol. The number of hydrogen-bond donors (Lipinski definition) is 1. The number of benzene rings is 2. The standard InChI is InChI=1S/C24H30N2O3S/c1-2-21-13-9-10-16-23(21)26(30(28,29)22-14-7-4-8-15-22)19-24(27)25-18-17-20-11-5-3-6-12-20/h4,7-11,13-16H,2-3,5-6,12,17-19H2,1H3,(H,25,27). The predicted octanol–water partition coefficient (Wildman–Crippen LogP) is 4.45. The highest BCUT2D eigenvalue weighted by Gasteiger charge is 2.28. The number of hydrogen-bond acceptors (Lipinski definition) is 3. The number of aryl methyl sites for hydroxylation is 1. The Morgan fingerprint density at radius 3 is 2.47 bits per heavy atom. The van der Waals surface area contributed by atoms with Crippen LogP contribution < -0.4 is 9.62 Å². The van der Waals surface area contributed by atoms with Crippen molar-refractivity contribution in [3.63, 3.8) is 0 Å². The summed E-state index contributed by atoms with van der Waals surface area (Å²) in [5, 5.41) is 2.91. The molecule has 0 radical (unpaired) electrons. The maximum absolute atomic E-state index is 13.4. The summed E-state index contributed by atoms with van der Waals surface area (Å²) in [6.07, 6.45) is 8.40. The first-order valence-corrected chi connectivity index (χ1v) is 12.1. The molecule has 0 bridgehead atoms. The molecule has 0 aliphatic heterocycles. The van der Waals surface area contributed by atoms with Crippen LogP contribution in [0.5, 0.6) is 0 Å². The van der Waals surface area contributed by atoms with Gasteiger partial charge in [-0.25, -0.2) is 8.42 Å². The molecule has 0 heterocycles. The molecule has 160 valence electrons. The van der Waals surface area contributed by atoms with Crippen LogP contribution in [0.15, 0.2) is 71.1 Å². The zero-order valence-corrected chi connectivity index (χ0v) is 18.3. The van der Waals surface area contributed by atoms with Gasteiger partial charge in [0.1, 0.15) is 6.54 Å². The van der Waals surface area contributed by atoms with E-state index in [0.717, 1.165) is 24.8 Å². The van der Waals surface area contributed by atoms with Gasteiger partial charge < -0.3 is 5.32 Å². The fraction of sp³-hybridized carbons (Fsp3) is 0.375. The third kappa shape index (κ3) is 5.51. The molecule has 6 heteroatoms. The largest absolute Gasteiger partial charge is 0.354 e. The third-order valence-electron chi connectivity index (χ3n) is 5.41. The normalized spacial score (nSPS) is 14.1. The maximum Gasteiger partial charge on any atom is 0.264 e. The second-order valence-corrected chi connectivity index (χ2v) is 9.38. The number of para-hydroxylation sites is 1. The Labute approximate surface area is 179 Å². The van der Waals surface area contributed by atoms with Crippen molar-refractivity contribution >= 4 is 21.6 Å². The Kier molecular flexibility index (Phi) is 7.69. The van der Waals surface area contributed by atoms with Gasteiger partial charge in [0, 0.05) is 6.54 Å². The summed E-state index contributed by atoms with van der Waals surface area (Å²) in [7, 11) is -3.87. The lowest BCUT2D eigenvalue weighted by molar-refractivity contribution is -0.119. The molecular formula is C24H30N2O3S. The smallest absolute Gasteiger partial charge is 0.264 e. The topological polar surface area (TPSA) is 66.5 Å². The van der Waals surface area contributed by atoms with Crippen LogP contribution in [0.3, 0.4) is 0 Å². The van der Waals surface area contributed by atoms with Crippen molar-refractivity contribution in [2.45, 2.75) is 50.3 Å². The van der Waals surface area contributed by atoms with Gasteiger partial charge in [0.05, 0.1) is 10.6 Å². The first-order valence-electron chi connectivity index (χ1n) is 10.6. The van der Waals surface area contributed by atoms with Crippen molar-refractivity contribution < 1.29 is 13.2 Å². The van der Waals surface area contributed by atoms with E-state index in [9.17, 15) is 13.2 Å². The molecule has 0 aromatic heterocycles. The van der Waals surface area contributed by atoms with Crippen molar-refractivity contribution in [3.8, 4) is 0 Å². The quantitative estimate of drug-likeness (QED) is 0.603. The second-order valence-electron chi connectivity index (χ2n) is 7.52. The van der Waals surface area contributed by atoms with Crippen molar-refractivity contribution in [1.29, 1.82) is 0 Å². The van der Waals surface area contributed by atoms with E-state index >= 15 is 0 Å². The van der Waals surface area contributed by atoms with Crippen LogP contribution in [0, 0.1) is 0 Å². The van der Waals surface area contributed by atoms with Gasteiger partial charge in [0.15, 0.2) is 0 Å². The number of anilines is 1. The lowest BCUT2D eigenvalue weighted by Crippen LogP contribution is -2.41. The Balaban J connectivity index is 1.79. The average molecular weight is 427 g/mol. The molecule has 1 aliphatic rings. The van der Waals surface area contributed by atoms with E-state index in [1.165, 1.54) is 22.7 Å². The number of sulfonamides is 1. The molecule has 1 amide bonds. The zero-order chi connectivity index (χ0) is 21.4. The minimum absolute atomic E-state index is 0.177. The molecule has 0 saturated heterocycles.